The Morgan fingerprint density at radius 2 is 1.68 bits per heavy atom. The number of nitrogens with zero attached hydrogens (tertiary/aromatic N) is 1. The van der Waals surface area contributed by atoms with Crippen LogP contribution in [0.3, 0.4) is 0 Å². The highest BCUT2D eigenvalue weighted by atomic mass is 35.5. The number of amides is 1. The van der Waals surface area contributed by atoms with Crippen molar-refractivity contribution in [1.29, 1.82) is 0 Å². The monoisotopic (exact) mass is 401 g/mol. The van der Waals surface area contributed by atoms with Crippen LogP contribution in [0.2, 0.25) is 5.02 Å². The Hall–Kier alpha value is -2.66. The molecule has 0 N–H and O–H groups in total. The Kier molecular flexibility index (Phi) is 6.47. The maximum Gasteiger partial charge on any atom is 0.339 e. The Bertz CT molecular complexity index is 872. The zero-order valence-corrected chi connectivity index (χ0v) is 16.3. The third kappa shape index (κ3) is 4.98. The van der Waals surface area contributed by atoms with E-state index in [1.54, 1.807) is 42.2 Å². The van der Waals surface area contributed by atoms with Crippen molar-refractivity contribution in [3.63, 3.8) is 0 Å². The summed E-state index contributed by atoms with van der Waals surface area (Å²) in [4.78, 5) is 27.0. The quantitative estimate of drug-likeness (QED) is 0.418. The highest BCUT2D eigenvalue weighted by Gasteiger charge is 2.27. The van der Waals surface area contributed by atoms with Gasteiger partial charge in [-0.15, -0.1) is 0 Å². The molecule has 146 valence electrons. The summed E-state index contributed by atoms with van der Waals surface area (Å²) in [6.07, 6.45) is 2.67. The molecule has 6 heteroatoms. The van der Waals surface area contributed by atoms with Crippen LogP contribution < -0.4 is 0 Å². The van der Waals surface area contributed by atoms with Crippen molar-refractivity contribution >= 4 is 35.1 Å². The maximum absolute atomic E-state index is 13.3. The molecule has 3 rings (SSSR count). The molecule has 1 aliphatic heterocycles. The van der Waals surface area contributed by atoms with Gasteiger partial charge in [-0.1, -0.05) is 35.9 Å². The van der Waals surface area contributed by atoms with Crippen molar-refractivity contribution in [2.24, 2.45) is 0 Å². The van der Waals surface area contributed by atoms with Crippen LogP contribution in [-0.2, 0) is 14.3 Å². The van der Waals surface area contributed by atoms with E-state index in [1.807, 2.05) is 0 Å². The van der Waals surface area contributed by atoms with Crippen LogP contribution in [0.5, 0.6) is 0 Å². The number of halogens is 2. The summed E-state index contributed by atoms with van der Waals surface area (Å²) >= 11 is 5.91. The number of carbonyl (C=O) groups is 2. The first-order valence-corrected chi connectivity index (χ1v) is 9.55. The Morgan fingerprint density at radius 1 is 1.07 bits per heavy atom. The zero-order valence-electron chi connectivity index (χ0n) is 15.5. The van der Waals surface area contributed by atoms with E-state index in [0.717, 1.165) is 18.4 Å². The fourth-order valence-electron chi connectivity index (χ4n) is 3.08. The summed E-state index contributed by atoms with van der Waals surface area (Å²) < 4.78 is 18.8. The predicted octanol–water partition coefficient (Wildman–Crippen LogP) is 4.57. The molecule has 1 unspecified atom stereocenters. The molecule has 0 spiro atoms. The number of carbonyl (C=O) groups excluding carboxylic acids is 2. The lowest BCUT2D eigenvalue weighted by Gasteiger charge is -2.21. The Labute approximate surface area is 168 Å². The summed E-state index contributed by atoms with van der Waals surface area (Å²) in [6.45, 7) is 2.95. The molecule has 0 aliphatic carbocycles. The first-order valence-electron chi connectivity index (χ1n) is 9.17. The average molecular weight is 402 g/mol. The van der Waals surface area contributed by atoms with Gasteiger partial charge < -0.3 is 9.64 Å². The number of benzene rings is 2. The molecule has 1 atom stereocenters. The summed E-state index contributed by atoms with van der Waals surface area (Å²) in [5.41, 5.74) is 1.48. The molecule has 0 radical (unpaired) electrons. The van der Waals surface area contributed by atoms with Crippen molar-refractivity contribution in [3.8, 4) is 0 Å². The van der Waals surface area contributed by atoms with Gasteiger partial charge in [0.2, 0.25) is 0 Å². The lowest BCUT2D eigenvalue weighted by Crippen LogP contribution is -2.38. The smallest absolute Gasteiger partial charge is 0.339 e. The number of rotatable bonds is 5. The Balaban J connectivity index is 1.85. The topological polar surface area (TPSA) is 46.6 Å². The van der Waals surface area contributed by atoms with Crippen LogP contribution in [0.1, 0.15) is 30.9 Å². The minimum atomic E-state index is -0.889. The first kappa shape index (κ1) is 20.1. The van der Waals surface area contributed by atoms with E-state index in [-0.39, 0.29) is 11.5 Å². The van der Waals surface area contributed by atoms with Crippen LogP contribution in [0, 0.1) is 5.82 Å². The van der Waals surface area contributed by atoms with Gasteiger partial charge in [-0.05, 0) is 61.2 Å². The molecule has 28 heavy (non-hydrogen) atoms. The largest absolute Gasteiger partial charge is 0.449 e. The molecule has 1 aliphatic rings. The van der Waals surface area contributed by atoms with Gasteiger partial charge in [0.15, 0.2) is 6.10 Å². The zero-order chi connectivity index (χ0) is 20.1. The van der Waals surface area contributed by atoms with Gasteiger partial charge in [-0.2, -0.15) is 0 Å². The molecule has 0 saturated carbocycles. The molecule has 1 fully saturated rings. The van der Waals surface area contributed by atoms with E-state index in [9.17, 15) is 14.0 Å². The molecule has 1 amide bonds. The highest BCUT2D eigenvalue weighted by Crippen LogP contribution is 2.23. The van der Waals surface area contributed by atoms with Crippen LogP contribution in [0.25, 0.3) is 11.6 Å². The number of likely N-dealkylation sites (tertiary alicyclic amines) is 1. The standard InChI is InChI=1S/C22H21ClFNO3/c1-15(21(26)25-12-2-3-13-25)28-22(27)20(17-6-10-19(24)11-7-17)14-16-4-8-18(23)9-5-16/h4-11,14-15H,2-3,12-13H2,1H3/b20-14+. The van der Waals surface area contributed by atoms with E-state index in [1.165, 1.54) is 24.3 Å². The molecule has 1 saturated heterocycles. The van der Waals surface area contributed by atoms with Crippen LogP contribution in [0.15, 0.2) is 48.5 Å². The molecule has 0 bridgehead atoms. The molecule has 1 heterocycles. The van der Waals surface area contributed by atoms with Crippen molar-refractivity contribution in [3.05, 3.63) is 70.5 Å². The van der Waals surface area contributed by atoms with Gasteiger partial charge in [0, 0.05) is 18.1 Å². The molecular weight excluding hydrogens is 381 g/mol. The highest BCUT2D eigenvalue weighted by molar-refractivity contribution is 6.30. The van der Waals surface area contributed by atoms with E-state index in [0.29, 0.717) is 23.7 Å². The molecule has 0 aromatic heterocycles. The first-order chi connectivity index (χ1) is 13.4. The maximum atomic E-state index is 13.3. The van der Waals surface area contributed by atoms with E-state index >= 15 is 0 Å². The van der Waals surface area contributed by atoms with Gasteiger partial charge in [0.25, 0.3) is 5.91 Å². The fraction of sp³-hybridized carbons (Fsp3) is 0.273. The molecular formula is C22H21ClFNO3. The van der Waals surface area contributed by atoms with Crippen LogP contribution in [0.4, 0.5) is 4.39 Å². The van der Waals surface area contributed by atoms with E-state index in [4.69, 9.17) is 16.3 Å². The SMILES string of the molecule is CC(OC(=O)/C(=C/c1ccc(Cl)cc1)c1ccc(F)cc1)C(=O)N1CCCC1. The number of esters is 1. The summed E-state index contributed by atoms with van der Waals surface area (Å²) in [5, 5.41) is 0.577. The number of hydrogen-bond acceptors (Lipinski definition) is 3. The van der Waals surface area contributed by atoms with Crippen molar-refractivity contribution in [2.45, 2.75) is 25.9 Å². The molecule has 2 aromatic carbocycles. The van der Waals surface area contributed by atoms with E-state index < -0.39 is 17.9 Å². The fourth-order valence-corrected chi connectivity index (χ4v) is 3.21. The summed E-state index contributed by atoms with van der Waals surface area (Å²) in [5.74, 6) is -1.24. The molecule has 4 nitrogen and oxygen atoms in total. The van der Waals surface area contributed by atoms with Crippen LogP contribution in [-0.4, -0.2) is 36.0 Å². The van der Waals surface area contributed by atoms with E-state index in [2.05, 4.69) is 0 Å². The van der Waals surface area contributed by atoms with Gasteiger partial charge in [0.05, 0.1) is 5.57 Å². The van der Waals surface area contributed by atoms with Crippen molar-refractivity contribution < 1.29 is 18.7 Å². The lowest BCUT2D eigenvalue weighted by atomic mass is 10.0. The van der Waals surface area contributed by atoms with Gasteiger partial charge >= 0.3 is 5.97 Å². The van der Waals surface area contributed by atoms with Crippen molar-refractivity contribution in [2.75, 3.05) is 13.1 Å². The molecule has 2 aromatic rings. The van der Waals surface area contributed by atoms with Gasteiger partial charge in [-0.3, -0.25) is 4.79 Å². The Morgan fingerprint density at radius 3 is 2.29 bits per heavy atom. The lowest BCUT2D eigenvalue weighted by molar-refractivity contribution is -0.153. The second-order valence-corrected chi connectivity index (χ2v) is 7.13. The minimum Gasteiger partial charge on any atom is -0.449 e. The third-order valence-corrected chi connectivity index (χ3v) is 4.86. The third-order valence-electron chi connectivity index (χ3n) is 4.61. The number of ether oxygens (including phenoxy) is 1. The number of hydrogen-bond donors (Lipinski definition) is 0. The minimum absolute atomic E-state index is 0.198. The predicted molar refractivity (Wildman–Crippen MR) is 107 cm³/mol. The summed E-state index contributed by atoms with van der Waals surface area (Å²) in [7, 11) is 0. The normalized spacial score (nSPS) is 15.4. The van der Waals surface area contributed by atoms with Gasteiger partial charge in [0.1, 0.15) is 5.82 Å². The second kappa shape index (κ2) is 9.02. The summed E-state index contributed by atoms with van der Waals surface area (Å²) in [6, 6.07) is 12.5. The van der Waals surface area contributed by atoms with Gasteiger partial charge in [-0.25, -0.2) is 9.18 Å². The van der Waals surface area contributed by atoms with Crippen LogP contribution >= 0.6 is 11.6 Å². The average Bonchev–Trinajstić information content (AvgIpc) is 3.22. The van der Waals surface area contributed by atoms with Crippen molar-refractivity contribution in [1.82, 2.24) is 4.90 Å². The second-order valence-electron chi connectivity index (χ2n) is 6.70.